The summed E-state index contributed by atoms with van der Waals surface area (Å²) in [6, 6.07) is 3.69. The van der Waals surface area contributed by atoms with Crippen LogP contribution < -0.4 is 10.6 Å². The first-order valence-corrected chi connectivity index (χ1v) is 6.72. The molecule has 2 N–H and O–H groups in total. The number of amides is 1. The average Bonchev–Trinajstić information content (AvgIpc) is 2.76. The van der Waals surface area contributed by atoms with Crippen LogP contribution in [-0.2, 0) is 0 Å². The Labute approximate surface area is 115 Å². The van der Waals surface area contributed by atoms with Crippen LogP contribution in [-0.4, -0.2) is 24.5 Å². The highest BCUT2D eigenvalue weighted by molar-refractivity contribution is 5.92. The molecule has 0 unspecified atom stereocenters. The molecule has 1 aliphatic rings. The standard InChI is InChI=1S/C15H23N3O/c1-14(2)12(15(14,3)4)9-18-10-6-7-17-11(8-10)13(19)16-5/h6-8,12H,9H2,1-5H3,(H,16,19)(H,17,18). The van der Waals surface area contributed by atoms with Gasteiger partial charge < -0.3 is 10.6 Å². The van der Waals surface area contributed by atoms with Crippen LogP contribution in [0.15, 0.2) is 18.3 Å². The third-order valence-corrected chi connectivity index (χ3v) is 5.05. The van der Waals surface area contributed by atoms with Gasteiger partial charge >= 0.3 is 0 Å². The highest BCUT2D eigenvalue weighted by atomic mass is 16.1. The maximum Gasteiger partial charge on any atom is 0.269 e. The zero-order valence-electron chi connectivity index (χ0n) is 12.4. The summed E-state index contributed by atoms with van der Waals surface area (Å²) < 4.78 is 0. The molecule has 1 heterocycles. The fourth-order valence-corrected chi connectivity index (χ4v) is 2.86. The summed E-state index contributed by atoms with van der Waals surface area (Å²) in [5, 5.41) is 6.00. The van der Waals surface area contributed by atoms with Gasteiger partial charge in [0.15, 0.2) is 0 Å². The number of nitrogens with zero attached hydrogens (tertiary/aromatic N) is 1. The van der Waals surface area contributed by atoms with Crippen LogP contribution in [0.4, 0.5) is 5.69 Å². The van der Waals surface area contributed by atoms with Gasteiger partial charge in [0.1, 0.15) is 5.69 Å². The number of pyridine rings is 1. The summed E-state index contributed by atoms with van der Waals surface area (Å²) >= 11 is 0. The fourth-order valence-electron chi connectivity index (χ4n) is 2.86. The van der Waals surface area contributed by atoms with E-state index in [4.69, 9.17) is 0 Å². The number of carbonyl (C=O) groups excluding carboxylic acids is 1. The molecule has 0 aromatic carbocycles. The van der Waals surface area contributed by atoms with Gasteiger partial charge in [0.2, 0.25) is 0 Å². The Balaban J connectivity index is 2.00. The Morgan fingerprint density at radius 2 is 1.95 bits per heavy atom. The third-order valence-electron chi connectivity index (χ3n) is 5.05. The van der Waals surface area contributed by atoms with E-state index in [0.29, 0.717) is 22.4 Å². The second kappa shape index (κ2) is 4.51. The number of hydrogen-bond donors (Lipinski definition) is 2. The highest BCUT2D eigenvalue weighted by Crippen LogP contribution is 2.68. The molecule has 1 aliphatic carbocycles. The quantitative estimate of drug-likeness (QED) is 0.875. The molecule has 4 nitrogen and oxygen atoms in total. The molecule has 1 saturated carbocycles. The number of carbonyl (C=O) groups is 1. The molecule has 19 heavy (non-hydrogen) atoms. The zero-order chi connectivity index (χ0) is 14.3. The van der Waals surface area contributed by atoms with E-state index in [-0.39, 0.29) is 5.91 Å². The minimum atomic E-state index is -0.157. The molecule has 0 bridgehead atoms. The van der Waals surface area contributed by atoms with Crippen molar-refractivity contribution in [2.45, 2.75) is 27.7 Å². The van der Waals surface area contributed by atoms with E-state index in [1.165, 1.54) is 0 Å². The van der Waals surface area contributed by atoms with Crippen molar-refractivity contribution in [1.82, 2.24) is 10.3 Å². The van der Waals surface area contributed by atoms with Gasteiger partial charge in [-0.15, -0.1) is 0 Å². The number of aromatic nitrogens is 1. The molecule has 0 radical (unpaired) electrons. The summed E-state index contributed by atoms with van der Waals surface area (Å²) in [6.07, 6.45) is 1.66. The van der Waals surface area contributed by atoms with E-state index in [9.17, 15) is 4.79 Å². The maximum atomic E-state index is 11.5. The van der Waals surface area contributed by atoms with Crippen LogP contribution in [0, 0.1) is 16.7 Å². The fraction of sp³-hybridized carbons (Fsp3) is 0.600. The van der Waals surface area contributed by atoms with E-state index in [0.717, 1.165) is 12.2 Å². The lowest BCUT2D eigenvalue weighted by Gasteiger charge is -2.08. The minimum Gasteiger partial charge on any atom is -0.385 e. The lowest BCUT2D eigenvalue weighted by atomic mass is 10.0. The maximum absolute atomic E-state index is 11.5. The topological polar surface area (TPSA) is 54.0 Å². The van der Waals surface area contributed by atoms with E-state index in [2.05, 4.69) is 43.3 Å². The largest absolute Gasteiger partial charge is 0.385 e. The Kier molecular flexibility index (Phi) is 3.29. The molecule has 1 aromatic heterocycles. The van der Waals surface area contributed by atoms with Crippen molar-refractivity contribution in [1.29, 1.82) is 0 Å². The summed E-state index contributed by atoms with van der Waals surface area (Å²) in [5.74, 6) is 0.493. The lowest BCUT2D eigenvalue weighted by Crippen LogP contribution is -2.19. The van der Waals surface area contributed by atoms with Crippen molar-refractivity contribution in [2.24, 2.45) is 16.7 Å². The third kappa shape index (κ3) is 2.31. The van der Waals surface area contributed by atoms with Crippen molar-refractivity contribution < 1.29 is 4.79 Å². The predicted molar refractivity (Wildman–Crippen MR) is 77.2 cm³/mol. The second-order valence-corrected chi connectivity index (χ2v) is 6.39. The zero-order valence-corrected chi connectivity index (χ0v) is 12.4. The number of rotatable bonds is 4. The van der Waals surface area contributed by atoms with Crippen LogP contribution >= 0.6 is 0 Å². The van der Waals surface area contributed by atoms with Gasteiger partial charge in [-0.1, -0.05) is 27.7 Å². The molecule has 4 heteroatoms. The Hall–Kier alpha value is -1.58. The molecule has 1 fully saturated rings. The Bertz CT molecular complexity index is 480. The predicted octanol–water partition coefficient (Wildman–Crippen LogP) is 2.54. The van der Waals surface area contributed by atoms with Gasteiger partial charge in [0.05, 0.1) is 0 Å². The summed E-state index contributed by atoms with van der Waals surface area (Å²) in [4.78, 5) is 15.6. The minimum absolute atomic E-state index is 0.157. The van der Waals surface area contributed by atoms with Crippen molar-refractivity contribution in [2.75, 3.05) is 18.9 Å². The average molecular weight is 261 g/mol. The molecular weight excluding hydrogens is 238 g/mol. The number of hydrogen-bond acceptors (Lipinski definition) is 3. The monoisotopic (exact) mass is 261 g/mol. The molecule has 0 aliphatic heterocycles. The van der Waals surface area contributed by atoms with Gasteiger partial charge in [0, 0.05) is 25.5 Å². The highest BCUT2D eigenvalue weighted by Gasteiger charge is 2.63. The molecule has 0 saturated heterocycles. The summed E-state index contributed by atoms with van der Waals surface area (Å²) in [6.45, 7) is 10.2. The molecule has 2 rings (SSSR count). The number of anilines is 1. The first kappa shape index (κ1) is 13.8. The van der Waals surface area contributed by atoms with Gasteiger partial charge in [-0.2, -0.15) is 0 Å². The van der Waals surface area contributed by atoms with Crippen LogP contribution in [0.2, 0.25) is 0 Å². The van der Waals surface area contributed by atoms with Crippen molar-refractivity contribution in [3.8, 4) is 0 Å². The van der Waals surface area contributed by atoms with Crippen LogP contribution in [0.3, 0.4) is 0 Å². The molecular formula is C15H23N3O. The van der Waals surface area contributed by atoms with E-state index in [1.807, 2.05) is 6.07 Å². The molecule has 1 aromatic rings. The van der Waals surface area contributed by atoms with Gasteiger partial charge in [-0.3, -0.25) is 9.78 Å². The molecule has 104 valence electrons. The smallest absolute Gasteiger partial charge is 0.269 e. The Morgan fingerprint density at radius 3 is 2.47 bits per heavy atom. The summed E-state index contributed by atoms with van der Waals surface area (Å²) in [7, 11) is 1.61. The normalized spacial score (nSPS) is 19.8. The van der Waals surface area contributed by atoms with E-state index in [1.54, 1.807) is 19.3 Å². The number of nitrogens with one attached hydrogen (secondary N) is 2. The van der Waals surface area contributed by atoms with Crippen LogP contribution in [0.5, 0.6) is 0 Å². The van der Waals surface area contributed by atoms with Gasteiger partial charge in [-0.25, -0.2) is 0 Å². The molecule has 0 atom stereocenters. The molecule has 0 spiro atoms. The Morgan fingerprint density at radius 1 is 1.32 bits per heavy atom. The second-order valence-electron chi connectivity index (χ2n) is 6.39. The van der Waals surface area contributed by atoms with Gasteiger partial charge in [-0.05, 0) is 28.9 Å². The van der Waals surface area contributed by atoms with Crippen molar-refractivity contribution in [3.05, 3.63) is 24.0 Å². The van der Waals surface area contributed by atoms with E-state index < -0.39 is 0 Å². The summed E-state index contributed by atoms with van der Waals surface area (Å²) in [5.41, 5.74) is 2.14. The van der Waals surface area contributed by atoms with Crippen LogP contribution in [0.1, 0.15) is 38.2 Å². The van der Waals surface area contributed by atoms with Crippen molar-refractivity contribution >= 4 is 11.6 Å². The first-order valence-electron chi connectivity index (χ1n) is 6.72. The van der Waals surface area contributed by atoms with E-state index >= 15 is 0 Å². The lowest BCUT2D eigenvalue weighted by molar-refractivity contribution is 0.0958. The molecule has 1 amide bonds. The van der Waals surface area contributed by atoms with Crippen molar-refractivity contribution in [3.63, 3.8) is 0 Å². The SMILES string of the molecule is CNC(=O)c1cc(NCC2C(C)(C)C2(C)C)ccn1. The first-order chi connectivity index (χ1) is 8.80. The van der Waals surface area contributed by atoms with Gasteiger partial charge in [0.25, 0.3) is 5.91 Å². The van der Waals surface area contributed by atoms with Crippen LogP contribution in [0.25, 0.3) is 0 Å².